The van der Waals surface area contributed by atoms with Gasteiger partial charge < -0.3 is 15.4 Å². The number of anilines is 2. The topological polar surface area (TPSA) is 67.4 Å². The Labute approximate surface area is 139 Å². The number of amides is 1. The molecule has 5 nitrogen and oxygen atoms in total. The first-order valence-electron chi connectivity index (χ1n) is 7.65. The van der Waals surface area contributed by atoms with E-state index >= 15 is 0 Å². The third-order valence-electron chi connectivity index (χ3n) is 3.19. The van der Waals surface area contributed by atoms with Crippen molar-refractivity contribution >= 4 is 23.3 Å². The van der Waals surface area contributed by atoms with E-state index in [-0.39, 0.29) is 18.3 Å². The van der Waals surface area contributed by atoms with Crippen molar-refractivity contribution in [2.75, 3.05) is 23.8 Å². The van der Waals surface area contributed by atoms with E-state index in [4.69, 9.17) is 4.74 Å². The summed E-state index contributed by atoms with van der Waals surface area (Å²) in [5, 5.41) is 5.71. The summed E-state index contributed by atoms with van der Waals surface area (Å²) in [7, 11) is 0. The molecule has 0 fully saturated rings. The Hall–Kier alpha value is -2.89. The minimum atomic E-state index is -0.396. The second-order valence-electron chi connectivity index (χ2n) is 5.03. The minimum Gasteiger partial charge on any atom is -0.462 e. The highest BCUT2D eigenvalue weighted by atomic mass is 19.1. The van der Waals surface area contributed by atoms with Gasteiger partial charge in [-0.15, -0.1) is 0 Å². The Morgan fingerprint density at radius 3 is 2.50 bits per heavy atom. The summed E-state index contributed by atoms with van der Waals surface area (Å²) >= 11 is 0. The number of hydrogen-bond donors (Lipinski definition) is 2. The molecule has 126 valence electrons. The fraction of sp³-hybridized carbons (Fsp3) is 0.222. The van der Waals surface area contributed by atoms with Crippen LogP contribution < -0.4 is 10.6 Å². The molecule has 0 aromatic heterocycles. The number of carbonyl (C=O) groups is 2. The van der Waals surface area contributed by atoms with Gasteiger partial charge in [-0.1, -0.05) is 6.07 Å². The number of rotatable bonds is 7. The van der Waals surface area contributed by atoms with Gasteiger partial charge in [0.2, 0.25) is 5.91 Å². The number of esters is 1. The van der Waals surface area contributed by atoms with Crippen molar-refractivity contribution < 1.29 is 18.7 Å². The predicted octanol–water partition coefficient (Wildman–Crippen LogP) is 3.44. The van der Waals surface area contributed by atoms with Crippen molar-refractivity contribution in [2.24, 2.45) is 0 Å². The van der Waals surface area contributed by atoms with Crippen LogP contribution in [-0.4, -0.2) is 25.0 Å². The van der Waals surface area contributed by atoms with Gasteiger partial charge in [-0.3, -0.25) is 4.79 Å². The third-order valence-corrected chi connectivity index (χ3v) is 3.19. The maximum absolute atomic E-state index is 13.0. The summed E-state index contributed by atoms with van der Waals surface area (Å²) in [5.41, 5.74) is 1.70. The van der Waals surface area contributed by atoms with Gasteiger partial charge in [-0.25, -0.2) is 9.18 Å². The van der Waals surface area contributed by atoms with Crippen LogP contribution in [0.1, 0.15) is 23.7 Å². The zero-order valence-corrected chi connectivity index (χ0v) is 13.3. The van der Waals surface area contributed by atoms with Gasteiger partial charge in [0.25, 0.3) is 0 Å². The summed E-state index contributed by atoms with van der Waals surface area (Å²) in [6.45, 7) is 2.50. The van der Waals surface area contributed by atoms with E-state index < -0.39 is 5.82 Å². The molecule has 2 rings (SSSR count). The average molecular weight is 330 g/mol. The second kappa shape index (κ2) is 8.67. The summed E-state index contributed by atoms with van der Waals surface area (Å²) in [4.78, 5) is 23.3. The highest BCUT2D eigenvalue weighted by molar-refractivity contribution is 5.91. The van der Waals surface area contributed by atoms with Gasteiger partial charge in [0, 0.05) is 24.3 Å². The fourth-order valence-corrected chi connectivity index (χ4v) is 2.05. The molecule has 1 amide bonds. The number of ether oxygens (including phenoxy) is 1. The average Bonchev–Trinajstić information content (AvgIpc) is 2.55. The van der Waals surface area contributed by atoms with Crippen molar-refractivity contribution in [3.8, 4) is 0 Å². The zero-order valence-electron chi connectivity index (χ0n) is 13.3. The molecule has 0 aliphatic carbocycles. The third kappa shape index (κ3) is 5.39. The molecule has 0 spiro atoms. The van der Waals surface area contributed by atoms with Crippen molar-refractivity contribution in [2.45, 2.75) is 13.3 Å². The van der Waals surface area contributed by atoms with Gasteiger partial charge in [0.15, 0.2) is 0 Å². The second-order valence-corrected chi connectivity index (χ2v) is 5.03. The zero-order chi connectivity index (χ0) is 17.4. The lowest BCUT2D eigenvalue weighted by Crippen LogP contribution is -2.16. The molecule has 0 heterocycles. The van der Waals surface area contributed by atoms with E-state index in [9.17, 15) is 14.0 Å². The van der Waals surface area contributed by atoms with Crippen LogP contribution >= 0.6 is 0 Å². The summed E-state index contributed by atoms with van der Waals surface area (Å²) in [6, 6.07) is 12.6. The smallest absolute Gasteiger partial charge is 0.338 e. The van der Waals surface area contributed by atoms with Crippen LogP contribution in [0.5, 0.6) is 0 Å². The first-order valence-corrected chi connectivity index (χ1v) is 7.65. The Morgan fingerprint density at radius 1 is 1.08 bits per heavy atom. The van der Waals surface area contributed by atoms with Gasteiger partial charge >= 0.3 is 5.97 Å². The first kappa shape index (κ1) is 17.5. The monoisotopic (exact) mass is 330 g/mol. The normalized spacial score (nSPS) is 10.1. The maximum Gasteiger partial charge on any atom is 0.338 e. The lowest BCUT2D eigenvalue weighted by molar-refractivity contribution is -0.115. The van der Waals surface area contributed by atoms with Crippen molar-refractivity contribution in [1.82, 2.24) is 0 Å². The van der Waals surface area contributed by atoms with Crippen LogP contribution in [0.15, 0.2) is 48.5 Å². The van der Waals surface area contributed by atoms with E-state index in [1.54, 1.807) is 37.3 Å². The molecule has 0 aliphatic rings. The molecule has 0 unspecified atom stereocenters. The number of hydrogen-bond acceptors (Lipinski definition) is 4. The van der Waals surface area contributed by atoms with E-state index in [0.717, 1.165) is 5.69 Å². The van der Waals surface area contributed by atoms with Crippen molar-refractivity contribution in [3.05, 3.63) is 59.9 Å². The van der Waals surface area contributed by atoms with Crippen LogP contribution in [0.3, 0.4) is 0 Å². The predicted molar refractivity (Wildman–Crippen MR) is 90.5 cm³/mol. The van der Waals surface area contributed by atoms with E-state index in [1.807, 2.05) is 0 Å². The molecule has 2 aromatic rings. The van der Waals surface area contributed by atoms with Gasteiger partial charge in [-0.05, 0) is 49.4 Å². The minimum absolute atomic E-state index is 0.212. The largest absolute Gasteiger partial charge is 0.462 e. The molecule has 0 aliphatic heterocycles. The Bertz CT molecular complexity index is 702. The summed E-state index contributed by atoms with van der Waals surface area (Å²) in [6.07, 6.45) is 0.232. The van der Waals surface area contributed by atoms with Gasteiger partial charge in [0.1, 0.15) is 5.82 Å². The number of benzene rings is 2. The first-order chi connectivity index (χ1) is 11.6. The van der Waals surface area contributed by atoms with Gasteiger partial charge in [-0.2, -0.15) is 0 Å². The van der Waals surface area contributed by atoms with Crippen molar-refractivity contribution in [3.63, 3.8) is 0 Å². The standard InChI is InChI=1S/C18H19FN2O3/c1-2-24-18(23)13-6-8-15(9-7-13)20-11-10-17(22)21-16-5-3-4-14(19)12-16/h3-9,12,20H,2,10-11H2,1H3,(H,21,22). The quantitative estimate of drug-likeness (QED) is 0.763. The van der Waals surface area contributed by atoms with E-state index in [2.05, 4.69) is 10.6 Å². The molecule has 0 atom stereocenters. The van der Waals surface area contributed by atoms with Crippen LogP contribution in [0, 0.1) is 5.82 Å². The van der Waals surface area contributed by atoms with Crippen LogP contribution in [0.4, 0.5) is 15.8 Å². The molecule has 6 heteroatoms. The van der Waals surface area contributed by atoms with E-state index in [1.165, 1.54) is 18.2 Å². The Kier molecular flexibility index (Phi) is 6.31. The summed E-state index contributed by atoms with van der Waals surface area (Å²) < 4.78 is 17.9. The van der Waals surface area contributed by atoms with Crippen LogP contribution in [0.2, 0.25) is 0 Å². The molecule has 2 N–H and O–H groups in total. The lowest BCUT2D eigenvalue weighted by Gasteiger charge is -2.08. The SMILES string of the molecule is CCOC(=O)c1ccc(NCCC(=O)Nc2cccc(F)c2)cc1. The molecule has 0 saturated heterocycles. The van der Waals surface area contributed by atoms with Crippen LogP contribution in [-0.2, 0) is 9.53 Å². The summed E-state index contributed by atoms with van der Waals surface area (Å²) in [5.74, 6) is -0.970. The van der Waals surface area contributed by atoms with Crippen molar-refractivity contribution in [1.29, 1.82) is 0 Å². The van der Waals surface area contributed by atoms with Crippen LogP contribution in [0.25, 0.3) is 0 Å². The number of nitrogens with one attached hydrogen (secondary N) is 2. The molecule has 0 saturated carbocycles. The lowest BCUT2D eigenvalue weighted by atomic mass is 10.2. The maximum atomic E-state index is 13.0. The van der Waals surface area contributed by atoms with E-state index in [0.29, 0.717) is 24.4 Å². The number of halogens is 1. The molecule has 0 radical (unpaired) electrons. The Morgan fingerprint density at radius 2 is 1.83 bits per heavy atom. The molecule has 24 heavy (non-hydrogen) atoms. The molecular weight excluding hydrogens is 311 g/mol. The molecular formula is C18H19FN2O3. The Balaban J connectivity index is 1.77. The van der Waals surface area contributed by atoms with Gasteiger partial charge in [0.05, 0.1) is 12.2 Å². The highest BCUT2D eigenvalue weighted by Gasteiger charge is 2.06. The highest BCUT2D eigenvalue weighted by Crippen LogP contribution is 2.12. The number of carbonyl (C=O) groups excluding carboxylic acids is 2. The molecule has 0 bridgehead atoms. The fourth-order valence-electron chi connectivity index (χ4n) is 2.05. The molecule has 2 aromatic carbocycles.